The Kier molecular flexibility index (Phi) is 6.63. The van der Waals surface area contributed by atoms with Gasteiger partial charge in [0.05, 0.1) is 19.3 Å². The van der Waals surface area contributed by atoms with Crippen LogP contribution in [0, 0.1) is 6.92 Å². The zero-order valence-corrected chi connectivity index (χ0v) is 15.2. The maximum Gasteiger partial charge on any atom is 0.258 e. The van der Waals surface area contributed by atoms with Crippen molar-refractivity contribution < 1.29 is 14.3 Å². The number of amides is 1. The number of nitrogens with zero attached hydrogens (tertiary/aromatic N) is 1. The smallest absolute Gasteiger partial charge is 0.258 e. The number of nitrogens with one attached hydrogen (secondary N) is 1. The third-order valence-corrected chi connectivity index (χ3v) is 4.44. The number of rotatable bonds is 7. The van der Waals surface area contributed by atoms with Crippen LogP contribution in [-0.2, 0) is 9.53 Å². The number of benzene rings is 2. The van der Waals surface area contributed by atoms with Gasteiger partial charge in [-0.25, -0.2) is 0 Å². The molecule has 1 fully saturated rings. The average Bonchev–Trinajstić information content (AvgIpc) is 2.67. The molecule has 138 valence electrons. The maximum absolute atomic E-state index is 12.4. The molecule has 2 aromatic rings. The van der Waals surface area contributed by atoms with E-state index in [9.17, 15) is 4.79 Å². The Labute approximate surface area is 154 Å². The molecule has 0 aromatic heterocycles. The van der Waals surface area contributed by atoms with Gasteiger partial charge in [-0.2, -0.15) is 0 Å². The van der Waals surface area contributed by atoms with Crippen LogP contribution in [0.25, 0.3) is 0 Å². The number of carbonyl (C=O) groups excluding carboxylic acids is 1. The largest absolute Gasteiger partial charge is 0.484 e. The summed E-state index contributed by atoms with van der Waals surface area (Å²) in [5.74, 6) is 0.596. The van der Waals surface area contributed by atoms with E-state index in [1.807, 2.05) is 61.5 Å². The first kappa shape index (κ1) is 18.4. The van der Waals surface area contributed by atoms with Crippen LogP contribution in [-0.4, -0.2) is 50.3 Å². The molecule has 1 atom stereocenters. The molecule has 0 radical (unpaired) electrons. The molecule has 1 aliphatic heterocycles. The van der Waals surface area contributed by atoms with E-state index in [-0.39, 0.29) is 18.6 Å². The van der Waals surface area contributed by atoms with Crippen LogP contribution in [0.5, 0.6) is 5.75 Å². The van der Waals surface area contributed by atoms with Gasteiger partial charge in [0.25, 0.3) is 5.91 Å². The van der Waals surface area contributed by atoms with Crippen LogP contribution in [0.1, 0.15) is 17.2 Å². The molecule has 0 saturated carbocycles. The summed E-state index contributed by atoms with van der Waals surface area (Å²) >= 11 is 0. The molecule has 2 aromatic carbocycles. The van der Waals surface area contributed by atoms with Gasteiger partial charge in [-0.05, 0) is 30.2 Å². The maximum atomic E-state index is 12.4. The van der Waals surface area contributed by atoms with E-state index in [0.717, 1.165) is 44.0 Å². The SMILES string of the molecule is Cc1cccc(OCC(=O)N[C@@H](CN2CCOCC2)c2ccccc2)c1. The van der Waals surface area contributed by atoms with Crippen LogP contribution in [0.4, 0.5) is 0 Å². The molecule has 0 unspecified atom stereocenters. The lowest BCUT2D eigenvalue weighted by atomic mass is 10.1. The highest BCUT2D eigenvalue weighted by Gasteiger charge is 2.20. The lowest BCUT2D eigenvalue weighted by molar-refractivity contribution is -0.124. The summed E-state index contributed by atoms with van der Waals surface area (Å²) < 4.78 is 11.0. The summed E-state index contributed by atoms with van der Waals surface area (Å²) in [7, 11) is 0. The van der Waals surface area contributed by atoms with Gasteiger partial charge in [0.15, 0.2) is 6.61 Å². The van der Waals surface area contributed by atoms with Crippen LogP contribution < -0.4 is 10.1 Å². The second kappa shape index (κ2) is 9.36. The fourth-order valence-electron chi connectivity index (χ4n) is 3.05. The molecule has 1 saturated heterocycles. The number of ether oxygens (including phenoxy) is 2. The van der Waals surface area contributed by atoms with E-state index in [4.69, 9.17) is 9.47 Å². The Bertz CT molecular complexity index is 699. The number of hydrogen-bond acceptors (Lipinski definition) is 4. The van der Waals surface area contributed by atoms with E-state index < -0.39 is 0 Å². The second-order valence-corrected chi connectivity index (χ2v) is 6.55. The average molecular weight is 354 g/mol. The Hall–Kier alpha value is -2.37. The predicted octanol–water partition coefficient (Wildman–Crippen LogP) is 2.56. The minimum absolute atomic E-state index is 0.00982. The van der Waals surface area contributed by atoms with E-state index in [0.29, 0.717) is 5.75 Å². The summed E-state index contributed by atoms with van der Waals surface area (Å²) in [6.07, 6.45) is 0. The van der Waals surface area contributed by atoms with Gasteiger partial charge >= 0.3 is 0 Å². The summed E-state index contributed by atoms with van der Waals surface area (Å²) in [6, 6.07) is 17.7. The fraction of sp³-hybridized carbons (Fsp3) is 0.381. The topological polar surface area (TPSA) is 50.8 Å². The summed E-state index contributed by atoms with van der Waals surface area (Å²) in [6.45, 7) is 6.04. The van der Waals surface area contributed by atoms with Crippen LogP contribution in [0.3, 0.4) is 0 Å². The highest BCUT2D eigenvalue weighted by Crippen LogP contribution is 2.16. The highest BCUT2D eigenvalue weighted by molar-refractivity contribution is 5.78. The molecular formula is C21H26N2O3. The van der Waals surface area contributed by atoms with Crippen LogP contribution in [0.2, 0.25) is 0 Å². The molecule has 1 aliphatic rings. The van der Waals surface area contributed by atoms with Crippen molar-refractivity contribution in [3.05, 3.63) is 65.7 Å². The normalized spacial score (nSPS) is 16.0. The number of morpholine rings is 1. The first-order valence-corrected chi connectivity index (χ1v) is 9.04. The molecule has 3 rings (SSSR count). The molecular weight excluding hydrogens is 328 g/mol. The minimum atomic E-state index is -0.117. The van der Waals surface area contributed by atoms with Gasteiger partial charge in [-0.15, -0.1) is 0 Å². The third kappa shape index (κ3) is 5.58. The van der Waals surface area contributed by atoms with Crippen molar-refractivity contribution in [1.29, 1.82) is 0 Å². The Morgan fingerprint density at radius 1 is 1.15 bits per heavy atom. The minimum Gasteiger partial charge on any atom is -0.484 e. The Morgan fingerprint density at radius 3 is 2.65 bits per heavy atom. The van der Waals surface area contributed by atoms with Crippen molar-refractivity contribution in [3.8, 4) is 5.75 Å². The molecule has 26 heavy (non-hydrogen) atoms. The Balaban J connectivity index is 1.59. The van der Waals surface area contributed by atoms with Crippen molar-refractivity contribution in [2.45, 2.75) is 13.0 Å². The zero-order valence-electron chi connectivity index (χ0n) is 15.2. The van der Waals surface area contributed by atoms with Gasteiger partial charge in [-0.1, -0.05) is 42.5 Å². The van der Waals surface area contributed by atoms with E-state index in [2.05, 4.69) is 10.2 Å². The third-order valence-electron chi connectivity index (χ3n) is 4.44. The zero-order chi connectivity index (χ0) is 18.2. The van der Waals surface area contributed by atoms with Gasteiger partial charge in [0.2, 0.25) is 0 Å². The van der Waals surface area contributed by atoms with E-state index in [1.165, 1.54) is 0 Å². The van der Waals surface area contributed by atoms with Crippen molar-refractivity contribution in [3.63, 3.8) is 0 Å². The first-order valence-electron chi connectivity index (χ1n) is 9.04. The van der Waals surface area contributed by atoms with Crippen molar-refractivity contribution >= 4 is 5.91 Å². The second-order valence-electron chi connectivity index (χ2n) is 6.55. The van der Waals surface area contributed by atoms with Crippen LogP contribution >= 0.6 is 0 Å². The summed E-state index contributed by atoms with van der Waals surface area (Å²) in [5.41, 5.74) is 2.21. The van der Waals surface area contributed by atoms with Gasteiger partial charge < -0.3 is 14.8 Å². The van der Waals surface area contributed by atoms with Gasteiger partial charge in [-0.3, -0.25) is 9.69 Å². The van der Waals surface area contributed by atoms with E-state index in [1.54, 1.807) is 0 Å². The lowest BCUT2D eigenvalue weighted by Crippen LogP contribution is -2.44. The van der Waals surface area contributed by atoms with E-state index >= 15 is 0 Å². The van der Waals surface area contributed by atoms with Crippen LogP contribution in [0.15, 0.2) is 54.6 Å². The molecule has 0 aliphatic carbocycles. The molecule has 0 spiro atoms. The highest BCUT2D eigenvalue weighted by atomic mass is 16.5. The Morgan fingerprint density at radius 2 is 1.92 bits per heavy atom. The van der Waals surface area contributed by atoms with Gasteiger partial charge in [0, 0.05) is 19.6 Å². The predicted molar refractivity (Wildman–Crippen MR) is 101 cm³/mol. The van der Waals surface area contributed by atoms with Crippen molar-refractivity contribution in [2.75, 3.05) is 39.5 Å². The molecule has 1 heterocycles. The summed E-state index contributed by atoms with van der Waals surface area (Å²) in [5, 5.41) is 3.12. The molecule has 1 N–H and O–H groups in total. The number of hydrogen-bond donors (Lipinski definition) is 1. The summed E-state index contributed by atoms with van der Waals surface area (Å²) in [4.78, 5) is 14.8. The van der Waals surface area contributed by atoms with Gasteiger partial charge in [0.1, 0.15) is 5.75 Å². The van der Waals surface area contributed by atoms with Crippen molar-refractivity contribution in [2.24, 2.45) is 0 Å². The number of aryl methyl sites for hydroxylation is 1. The fourth-order valence-corrected chi connectivity index (χ4v) is 3.05. The quantitative estimate of drug-likeness (QED) is 0.830. The molecule has 5 heteroatoms. The molecule has 1 amide bonds. The lowest BCUT2D eigenvalue weighted by Gasteiger charge is -2.31. The standard InChI is InChI=1S/C21H26N2O3/c1-17-6-5-9-19(14-17)26-16-21(24)22-20(18-7-3-2-4-8-18)15-23-10-12-25-13-11-23/h2-9,14,20H,10-13,15-16H2,1H3,(H,22,24)/t20-/m0/s1. The van der Waals surface area contributed by atoms with Crippen molar-refractivity contribution in [1.82, 2.24) is 10.2 Å². The molecule has 0 bridgehead atoms. The number of carbonyl (C=O) groups is 1. The first-order chi connectivity index (χ1) is 12.7. The monoisotopic (exact) mass is 354 g/mol. The molecule has 5 nitrogen and oxygen atoms in total.